The normalized spacial score (nSPS) is 10.4. The quantitative estimate of drug-likeness (QED) is 0.787. The first-order chi connectivity index (χ1) is 9.38. The summed E-state index contributed by atoms with van der Waals surface area (Å²) in [6.07, 6.45) is 0. The molecule has 0 bridgehead atoms. The topological polar surface area (TPSA) is 55.1 Å². The van der Waals surface area contributed by atoms with Crippen LogP contribution in [0.2, 0.25) is 5.02 Å². The van der Waals surface area contributed by atoms with Crippen molar-refractivity contribution >= 4 is 44.8 Å². The first-order valence-corrected chi connectivity index (χ1v) is 6.56. The van der Waals surface area contributed by atoms with E-state index >= 15 is 0 Å². The third-order valence-corrected chi connectivity index (χ3v) is 3.72. The summed E-state index contributed by atoms with van der Waals surface area (Å²) in [5.41, 5.74) is 5.09. The fourth-order valence-electron chi connectivity index (χ4n) is 1.51. The van der Waals surface area contributed by atoms with Crippen molar-refractivity contribution in [1.82, 2.24) is 0 Å². The minimum Gasteiger partial charge on any atom is -0.396 e. The van der Waals surface area contributed by atoms with Crippen molar-refractivity contribution in [3.8, 4) is 0 Å². The predicted molar refractivity (Wildman–Crippen MR) is 77.9 cm³/mol. The number of halogens is 4. The summed E-state index contributed by atoms with van der Waals surface area (Å²) in [6.45, 7) is 0. The van der Waals surface area contributed by atoms with E-state index in [1.807, 2.05) is 0 Å². The third kappa shape index (κ3) is 3.08. The number of carbonyl (C=O) groups excluding carboxylic acids is 1. The van der Waals surface area contributed by atoms with Gasteiger partial charge in [0.1, 0.15) is 11.6 Å². The Balaban J connectivity index is 2.28. The zero-order chi connectivity index (χ0) is 14.9. The van der Waals surface area contributed by atoms with Gasteiger partial charge in [-0.2, -0.15) is 0 Å². The Morgan fingerprint density at radius 1 is 1.20 bits per heavy atom. The van der Waals surface area contributed by atoms with Gasteiger partial charge in [0, 0.05) is 16.2 Å². The van der Waals surface area contributed by atoms with Gasteiger partial charge in [0.15, 0.2) is 0 Å². The average molecular weight is 362 g/mol. The number of hydrogen-bond acceptors (Lipinski definition) is 2. The molecule has 2 aromatic rings. The van der Waals surface area contributed by atoms with Crippen LogP contribution in [0.3, 0.4) is 0 Å². The number of amides is 1. The van der Waals surface area contributed by atoms with E-state index in [4.69, 9.17) is 17.3 Å². The number of nitrogen functional groups attached to an aromatic ring is 1. The van der Waals surface area contributed by atoms with Crippen LogP contribution in [0.15, 0.2) is 34.8 Å². The van der Waals surface area contributed by atoms with E-state index in [2.05, 4.69) is 21.2 Å². The molecule has 0 spiro atoms. The molecule has 0 saturated heterocycles. The molecular weight excluding hydrogens is 354 g/mol. The van der Waals surface area contributed by atoms with Gasteiger partial charge < -0.3 is 11.1 Å². The largest absolute Gasteiger partial charge is 0.396 e. The number of benzene rings is 2. The first kappa shape index (κ1) is 14.7. The third-order valence-electron chi connectivity index (χ3n) is 2.51. The van der Waals surface area contributed by atoms with Crippen LogP contribution in [0.4, 0.5) is 20.2 Å². The lowest BCUT2D eigenvalue weighted by Crippen LogP contribution is -2.14. The Morgan fingerprint density at radius 2 is 1.90 bits per heavy atom. The Bertz CT molecular complexity index is 694. The zero-order valence-electron chi connectivity index (χ0n) is 9.88. The second kappa shape index (κ2) is 5.76. The number of anilines is 2. The minimum atomic E-state index is -0.984. The molecule has 0 atom stereocenters. The Morgan fingerprint density at radius 3 is 2.55 bits per heavy atom. The van der Waals surface area contributed by atoms with Crippen LogP contribution >= 0.6 is 27.5 Å². The maximum absolute atomic E-state index is 13.5. The molecule has 0 saturated carbocycles. The summed E-state index contributed by atoms with van der Waals surface area (Å²) in [6, 6.07) is 6.20. The summed E-state index contributed by atoms with van der Waals surface area (Å²) in [5, 5.41) is 2.94. The summed E-state index contributed by atoms with van der Waals surface area (Å²) >= 11 is 9.02. The molecular formula is C13H8BrClF2N2O. The molecule has 2 rings (SSSR count). The van der Waals surface area contributed by atoms with Gasteiger partial charge in [0.2, 0.25) is 0 Å². The molecule has 0 radical (unpaired) electrons. The lowest BCUT2D eigenvalue weighted by atomic mass is 10.1. The summed E-state index contributed by atoms with van der Waals surface area (Å²) in [7, 11) is 0. The second-order valence-corrected chi connectivity index (χ2v) is 5.20. The molecule has 104 valence electrons. The van der Waals surface area contributed by atoms with Crippen molar-refractivity contribution < 1.29 is 13.6 Å². The molecule has 0 aliphatic heterocycles. The van der Waals surface area contributed by atoms with E-state index in [9.17, 15) is 13.6 Å². The monoisotopic (exact) mass is 360 g/mol. The van der Waals surface area contributed by atoms with Gasteiger partial charge in [0.25, 0.3) is 5.91 Å². The second-order valence-electron chi connectivity index (χ2n) is 3.94. The van der Waals surface area contributed by atoms with E-state index in [0.29, 0.717) is 21.2 Å². The fraction of sp³-hybridized carbons (Fsp3) is 0. The van der Waals surface area contributed by atoms with Gasteiger partial charge in [-0.15, -0.1) is 0 Å². The molecule has 0 aliphatic rings. The number of rotatable bonds is 2. The van der Waals surface area contributed by atoms with Crippen molar-refractivity contribution in [2.24, 2.45) is 0 Å². The number of hydrogen-bond donors (Lipinski definition) is 2. The summed E-state index contributed by atoms with van der Waals surface area (Å²) in [5.74, 6) is -2.63. The predicted octanol–water partition coefficient (Wildman–Crippen LogP) is 4.22. The summed E-state index contributed by atoms with van der Waals surface area (Å²) in [4.78, 5) is 11.9. The molecule has 0 aliphatic carbocycles. The maximum atomic E-state index is 13.5. The fourth-order valence-corrected chi connectivity index (χ4v) is 2.01. The Hall–Kier alpha value is -1.66. The first-order valence-electron chi connectivity index (χ1n) is 5.39. The van der Waals surface area contributed by atoms with Gasteiger partial charge in [-0.05, 0) is 40.2 Å². The molecule has 20 heavy (non-hydrogen) atoms. The van der Waals surface area contributed by atoms with E-state index in [1.54, 1.807) is 18.2 Å². The highest BCUT2D eigenvalue weighted by molar-refractivity contribution is 9.10. The van der Waals surface area contributed by atoms with Crippen molar-refractivity contribution in [2.75, 3.05) is 11.1 Å². The highest BCUT2D eigenvalue weighted by Crippen LogP contribution is 2.26. The number of nitrogens with two attached hydrogens (primary N) is 1. The highest BCUT2D eigenvalue weighted by Gasteiger charge is 2.15. The zero-order valence-corrected chi connectivity index (χ0v) is 12.2. The van der Waals surface area contributed by atoms with Crippen LogP contribution in [-0.4, -0.2) is 5.91 Å². The molecule has 0 heterocycles. The molecule has 0 unspecified atom stereocenters. The average Bonchev–Trinajstić information content (AvgIpc) is 2.38. The Labute approximate surface area is 126 Å². The standard InChI is InChI=1S/C13H8BrClF2N2O/c14-8-3-6(1-2-9(8)15)19-13(20)7-4-12(18)11(17)5-10(7)16/h1-5H,18H2,(H,19,20). The van der Waals surface area contributed by atoms with Crippen LogP contribution in [0.25, 0.3) is 0 Å². The van der Waals surface area contributed by atoms with E-state index in [1.165, 1.54) is 0 Å². The molecule has 3 nitrogen and oxygen atoms in total. The molecule has 0 fully saturated rings. The van der Waals surface area contributed by atoms with Crippen LogP contribution < -0.4 is 11.1 Å². The van der Waals surface area contributed by atoms with E-state index in [-0.39, 0.29) is 11.3 Å². The minimum absolute atomic E-state index is 0.297. The lowest BCUT2D eigenvalue weighted by Gasteiger charge is -2.08. The molecule has 3 N–H and O–H groups in total. The van der Waals surface area contributed by atoms with Crippen molar-refractivity contribution in [3.05, 3.63) is 57.0 Å². The van der Waals surface area contributed by atoms with Crippen molar-refractivity contribution in [3.63, 3.8) is 0 Å². The maximum Gasteiger partial charge on any atom is 0.258 e. The van der Waals surface area contributed by atoms with E-state index in [0.717, 1.165) is 6.07 Å². The van der Waals surface area contributed by atoms with Gasteiger partial charge in [-0.3, -0.25) is 4.79 Å². The SMILES string of the molecule is Nc1cc(C(=O)Nc2ccc(Cl)c(Br)c2)c(F)cc1F. The van der Waals surface area contributed by atoms with Crippen LogP contribution in [-0.2, 0) is 0 Å². The molecule has 1 amide bonds. The van der Waals surface area contributed by atoms with E-state index < -0.39 is 17.5 Å². The van der Waals surface area contributed by atoms with Crippen LogP contribution in [0.1, 0.15) is 10.4 Å². The molecule has 0 aromatic heterocycles. The lowest BCUT2D eigenvalue weighted by molar-refractivity contribution is 0.102. The Kier molecular flexibility index (Phi) is 4.25. The summed E-state index contributed by atoms with van der Waals surface area (Å²) < 4.78 is 27.1. The van der Waals surface area contributed by atoms with Gasteiger partial charge in [0.05, 0.1) is 16.3 Å². The van der Waals surface area contributed by atoms with Crippen molar-refractivity contribution in [1.29, 1.82) is 0 Å². The van der Waals surface area contributed by atoms with Gasteiger partial charge >= 0.3 is 0 Å². The van der Waals surface area contributed by atoms with Crippen molar-refractivity contribution in [2.45, 2.75) is 0 Å². The number of carbonyl (C=O) groups is 1. The van der Waals surface area contributed by atoms with Crippen LogP contribution in [0, 0.1) is 11.6 Å². The number of nitrogens with one attached hydrogen (secondary N) is 1. The molecule has 2 aromatic carbocycles. The smallest absolute Gasteiger partial charge is 0.258 e. The van der Waals surface area contributed by atoms with Gasteiger partial charge in [-0.25, -0.2) is 8.78 Å². The molecule has 7 heteroatoms. The highest BCUT2D eigenvalue weighted by atomic mass is 79.9. The van der Waals surface area contributed by atoms with Crippen LogP contribution in [0.5, 0.6) is 0 Å². The van der Waals surface area contributed by atoms with Gasteiger partial charge in [-0.1, -0.05) is 11.6 Å².